The van der Waals surface area contributed by atoms with E-state index in [1.807, 2.05) is 18.7 Å². The number of aryl methyl sites for hydroxylation is 2. The van der Waals surface area contributed by atoms with Gasteiger partial charge in [0, 0.05) is 13.5 Å². The molecule has 0 amide bonds. The van der Waals surface area contributed by atoms with Gasteiger partial charge in [0.05, 0.1) is 17.4 Å². The van der Waals surface area contributed by atoms with E-state index in [2.05, 4.69) is 35.4 Å². The average molecular weight is 206 g/mol. The molecule has 1 aromatic rings. The van der Waals surface area contributed by atoms with Gasteiger partial charge in [0.25, 0.3) is 0 Å². The Morgan fingerprint density at radius 2 is 2.40 bits per heavy atom. The fraction of sp³-hybridized carbons (Fsp3) is 0.545. The Labute approximate surface area is 90.8 Å². The van der Waals surface area contributed by atoms with E-state index in [0.29, 0.717) is 6.42 Å². The number of hydrogen-bond donors (Lipinski definition) is 2. The molecule has 0 saturated heterocycles. The Bertz CT molecular complexity index is 370. The van der Waals surface area contributed by atoms with E-state index in [1.54, 1.807) is 0 Å². The van der Waals surface area contributed by atoms with Crippen LogP contribution in [0.5, 0.6) is 0 Å². The summed E-state index contributed by atoms with van der Waals surface area (Å²) >= 11 is 0. The summed E-state index contributed by atoms with van der Waals surface area (Å²) < 4.78 is 1.86. The molecule has 4 heteroatoms. The number of nitrogens with one attached hydrogen (secondary N) is 1. The highest BCUT2D eigenvalue weighted by molar-refractivity contribution is 5.16. The first kappa shape index (κ1) is 11.8. The number of rotatable bonds is 4. The number of nitrogens with two attached hydrogens (primary N) is 1. The SMILES string of the molecule is CC#CCC(NN)c1cc(CC)nn1C. The highest BCUT2D eigenvalue weighted by Crippen LogP contribution is 2.16. The minimum Gasteiger partial charge on any atom is -0.271 e. The van der Waals surface area contributed by atoms with Crippen molar-refractivity contribution < 1.29 is 0 Å². The maximum absolute atomic E-state index is 5.51. The molecule has 0 bridgehead atoms. The molecule has 0 aromatic carbocycles. The van der Waals surface area contributed by atoms with E-state index in [1.165, 1.54) is 0 Å². The van der Waals surface area contributed by atoms with Gasteiger partial charge in [-0.2, -0.15) is 5.10 Å². The molecule has 1 heterocycles. The van der Waals surface area contributed by atoms with E-state index < -0.39 is 0 Å². The Kier molecular flexibility index (Phi) is 4.35. The van der Waals surface area contributed by atoms with Crippen LogP contribution in [-0.2, 0) is 13.5 Å². The number of hydrogen-bond acceptors (Lipinski definition) is 3. The van der Waals surface area contributed by atoms with Crippen molar-refractivity contribution in [1.82, 2.24) is 15.2 Å². The first-order valence-electron chi connectivity index (χ1n) is 5.11. The van der Waals surface area contributed by atoms with E-state index in [-0.39, 0.29) is 6.04 Å². The van der Waals surface area contributed by atoms with E-state index in [9.17, 15) is 0 Å². The van der Waals surface area contributed by atoms with Crippen LogP contribution in [-0.4, -0.2) is 9.78 Å². The molecule has 4 nitrogen and oxygen atoms in total. The molecular weight excluding hydrogens is 188 g/mol. The van der Waals surface area contributed by atoms with Gasteiger partial charge < -0.3 is 0 Å². The second kappa shape index (κ2) is 5.54. The summed E-state index contributed by atoms with van der Waals surface area (Å²) in [6, 6.07) is 2.12. The van der Waals surface area contributed by atoms with Crippen LogP contribution in [0, 0.1) is 11.8 Å². The lowest BCUT2D eigenvalue weighted by Gasteiger charge is -2.12. The predicted molar refractivity (Wildman–Crippen MR) is 60.7 cm³/mol. The Hall–Kier alpha value is -1.31. The van der Waals surface area contributed by atoms with Gasteiger partial charge in [0.1, 0.15) is 0 Å². The maximum Gasteiger partial charge on any atom is 0.0738 e. The maximum atomic E-state index is 5.51. The van der Waals surface area contributed by atoms with Crippen LogP contribution in [0.4, 0.5) is 0 Å². The summed E-state index contributed by atoms with van der Waals surface area (Å²) in [6.45, 7) is 3.91. The van der Waals surface area contributed by atoms with Gasteiger partial charge in [-0.3, -0.25) is 16.0 Å². The summed E-state index contributed by atoms with van der Waals surface area (Å²) in [7, 11) is 1.93. The lowest BCUT2D eigenvalue weighted by atomic mass is 10.1. The molecule has 0 aliphatic heterocycles. The Morgan fingerprint density at radius 1 is 1.67 bits per heavy atom. The van der Waals surface area contributed by atoms with Crippen LogP contribution in [0.3, 0.4) is 0 Å². The Balaban J connectivity index is 2.88. The number of aromatic nitrogens is 2. The minimum absolute atomic E-state index is 0.0512. The van der Waals surface area contributed by atoms with Crippen LogP contribution in [0.1, 0.15) is 37.7 Å². The normalized spacial score (nSPS) is 12.0. The van der Waals surface area contributed by atoms with Crippen molar-refractivity contribution in [3.63, 3.8) is 0 Å². The zero-order valence-electron chi connectivity index (χ0n) is 9.54. The van der Waals surface area contributed by atoms with Crippen molar-refractivity contribution in [2.24, 2.45) is 12.9 Å². The number of hydrazine groups is 1. The van der Waals surface area contributed by atoms with Crippen LogP contribution in [0.25, 0.3) is 0 Å². The lowest BCUT2D eigenvalue weighted by molar-refractivity contribution is 0.520. The molecule has 1 aromatic heterocycles. The first-order valence-corrected chi connectivity index (χ1v) is 5.11. The third kappa shape index (κ3) is 2.82. The molecule has 1 rings (SSSR count). The zero-order chi connectivity index (χ0) is 11.3. The van der Waals surface area contributed by atoms with Gasteiger partial charge in [0.15, 0.2) is 0 Å². The highest BCUT2D eigenvalue weighted by atomic mass is 15.3. The zero-order valence-corrected chi connectivity index (χ0v) is 9.54. The van der Waals surface area contributed by atoms with Crippen LogP contribution in [0.2, 0.25) is 0 Å². The summed E-state index contributed by atoms with van der Waals surface area (Å²) in [5.41, 5.74) is 4.93. The van der Waals surface area contributed by atoms with Gasteiger partial charge in [-0.1, -0.05) is 6.92 Å². The molecule has 1 unspecified atom stereocenters. The molecule has 1 atom stereocenters. The quantitative estimate of drug-likeness (QED) is 0.437. The molecule has 3 N–H and O–H groups in total. The smallest absolute Gasteiger partial charge is 0.0738 e. The summed E-state index contributed by atoms with van der Waals surface area (Å²) in [4.78, 5) is 0. The van der Waals surface area contributed by atoms with Gasteiger partial charge >= 0.3 is 0 Å². The Morgan fingerprint density at radius 3 is 2.87 bits per heavy atom. The van der Waals surface area contributed by atoms with E-state index in [0.717, 1.165) is 17.8 Å². The molecule has 82 valence electrons. The molecule has 0 saturated carbocycles. The van der Waals surface area contributed by atoms with Crippen LogP contribution >= 0.6 is 0 Å². The van der Waals surface area contributed by atoms with Crippen molar-refractivity contribution in [3.8, 4) is 11.8 Å². The van der Waals surface area contributed by atoms with Gasteiger partial charge in [-0.15, -0.1) is 11.8 Å². The summed E-state index contributed by atoms with van der Waals surface area (Å²) in [5.74, 6) is 11.4. The third-order valence-electron chi connectivity index (χ3n) is 2.37. The lowest BCUT2D eigenvalue weighted by Crippen LogP contribution is -2.29. The predicted octanol–water partition coefficient (Wildman–Crippen LogP) is 0.900. The molecule has 15 heavy (non-hydrogen) atoms. The number of nitrogens with zero attached hydrogens (tertiary/aromatic N) is 2. The monoisotopic (exact) mass is 206 g/mol. The summed E-state index contributed by atoms with van der Waals surface area (Å²) in [5, 5.41) is 4.38. The fourth-order valence-electron chi connectivity index (χ4n) is 1.50. The largest absolute Gasteiger partial charge is 0.271 e. The van der Waals surface area contributed by atoms with E-state index in [4.69, 9.17) is 5.84 Å². The van der Waals surface area contributed by atoms with Gasteiger partial charge in [0.2, 0.25) is 0 Å². The van der Waals surface area contributed by atoms with Crippen molar-refractivity contribution >= 4 is 0 Å². The topological polar surface area (TPSA) is 55.9 Å². The summed E-state index contributed by atoms with van der Waals surface area (Å²) in [6.07, 6.45) is 1.64. The molecule has 0 fully saturated rings. The minimum atomic E-state index is 0.0512. The van der Waals surface area contributed by atoms with Gasteiger partial charge in [-0.25, -0.2) is 0 Å². The second-order valence-corrected chi connectivity index (χ2v) is 3.39. The standard InChI is InChI=1S/C11H18N4/c1-4-6-7-10(13-12)11-8-9(5-2)14-15(11)3/h8,10,13H,5,7,12H2,1-3H3. The first-order chi connectivity index (χ1) is 7.22. The van der Waals surface area contributed by atoms with Crippen LogP contribution < -0.4 is 11.3 Å². The molecule has 0 aliphatic rings. The molecule has 0 spiro atoms. The third-order valence-corrected chi connectivity index (χ3v) is 2.37. The fourth-order valence-corrected chi connectivity index (χ4v) is 1.50. The van der Waals surface area contributed by atoms with Crippen molar-refractivity contribution in [3.05, 3.63) is 17.5 Å². The van der Waals surface area contributed by atoms with Crippen molar-refractivity contribution in [1.29, 1.82) is 0 Å². The molecular formula is C11H18N4. The van der Waals surface area contributed by atoms with Crippen molar-refractivity contribution in [2.75, 3.05) is 0 Å². The van der Waals surface area contributed by atoms with Crippen LogP contribution in [0.15, 0.2) is 6.07 Å². The average Bonchev–Trinajstić information content (AvgIpc) is 2.61. The van der Waals surface area contributed by atoms with Gasteiger partial charge in [-0.05, 0) is 19.4 Å². The second-order valence-electron chi connectivity index (χ2n) is 3.39. The highest BCUT2D eigenvalue weighted by Gasteiger charge is 2.13. The van der Waals surface area contributed by atoms with Crippen molar-refractivity contribution in [2.45, 2.75) is 32.7 Å². The molecule has 0 aliphatic carbocycles. The molecule has 0 radical (unpaired) electrons. The van der Waals surface area contributed by atoms with E-state index >= 15 is 0 Å².